The van der Waals surface area contributed by atoms with Gasteiger partial charge in [0, 0.05) is 27.3 Å². The number of aldehydes is 1. The molecule has 1 rings (SSSR count). The van der Waals surface area contributed by atoms with E-state index in [0.717, 1.165) is 21.4 Å². The number of aliphatic hydroxyl groups is 1. The van der Waals surface area contributed by atoms with Gasteiger partial charge in [-0.1, -0.05) is 22.9 Å². The summed E-state index contributed by atoms with van der Waals surface area (Å²) in [7, 11) is 0. The summed E-state index contributed by atoms with van der Waals surface area (Å²) in [5.41, 5.74) is 0.702. The monoisotopic (exact) mass is 288 g/mol. The molecule has 0 heterocycles. The number of thioether (sulfide) groups is 1. The van der Waals surface area contributed by atoms with E-state index in [0.29, 0.717) is 5.56 Å². The van der Waals surface area contributed by atoms with Crippen molar-refractivity contribution in [3.63, 3.8) is 0 Å². The van der Waals surface area contributed by atoms with Crippen LogP contribution in [-0.2, 0) is 0 Å². The maximum absolute atomic E-state index is 10.8. The Hall–Kier alpha value is -0.320. The Morgan fingerprint density at radius 2 is 2.33 bits per heavy atom. The van der Waals surface area contributed by atoms with Crippen molar-refractivity contribution < 1.29 is 9.90 Å². The standard InChI is InChI=1S/C11H13BrO2S/c1-8(5-13)7-15-11-4-10(12)3-2-9(11)6-14/h2-4,6,8,13H,5,7H2,1H3. The van der Waals surface area contributed by atoms with E-state index in [1.165, 1.54) is 0 Å². The Kier molecular flexibility index (Phi) is 5.36. The molecular weight excluding hydrogens is 276 g/mol. The molecule has 4 heteroatoms. The molecule has 0 spiro atoms. The first-order valence-electron chi connectivity index (χ1n) is 4.65. The molecule has 82 valence electrons. The van der Waals surface area contributed by atoms with Crippen molar-refractivity contribution in [2.45, 2.75) is 11.8 Å². The SMILES string of the molecule is CC(CO)CSc1cc(Br)ccc1C=O. The third-order valence-corrected chi connectivity index (χ3v) is 3.83. The highest BCUT2D eigenvalue weighted by Gasteiger charge is 2.06. The average molecular weight is 289 g/mol. The first kappa shape index (κ1) is 12.7. The van der Waals surface area contributed by atoms with Gasteiger partial charge < -0.3 is 5.11 Å². The Bertz CT molecular complexity index is 341. The predicted molar refractivity (Wildman–Crippen MR) is 66.5 cm³/mol. The molecule has 1 N–H and O–H groups in total. The lowest BCUT2D eigenvalue weighted by molar-refractivity contribution is 0.112. The van der Waals surface area contributed by atoms with Gasteiger partial charge in [-0.2, -0.15) is 0 Å². The molecule has 0 aliphatic carbocycles. The Morgan fingerprint density at radius 1 is 1.60 bits per heavy atom. The highest BCUT2D eigenvalue weighted by molar-refractivity contribution is 9.10. The molecule has 1 unspecified atom stereocenters. The van der Waals surface area contributed by atoms with Crippen molar-refractivity contribution in [2.24, 2.45) is 5.92 Å². The largest absolute Gasteiger partial charge is 0.396 e. The highest BCUT2D eigenvalue weighted by atomic mass is 79.9. The van der Waals surface area contributed by atoms with Crippen molar-refractivity contribution in [1.29, 1.82) is 0 Å². The molecule has 1 aromatic rings. The van der Waals surface area contributed by atoms with Gasteiger partial charge in [0.2, 0.25) is 0 Å². The molecule has 0 aromatic heterocycles. The first-order valence-corrected chi connectivity index (χ1v) is 6.43. The van der Waals surface area contributed by atoms with Gasteiger partial charge in [-0.3, -0.25) is 4.79 Å². The molecule has 0 saturated heterocycles. The molecule has 0 aliphatic rings. The number of hydrogen-bond acceptors (Lipinski definition) is 3. The van der Waals surface area contributed by atoms with Crippen molar-refractivity contribution in [1.82, 2.24) is 0 Å². The topological polar surface area (TPSA) is 37.3 Å². The van der Waals surface area contributed by atoms with Crippen LogP contribution in [0.15, 0.2) is 27.6 Å². The number of rotatable bonds is 5. The summed E-state index contributed by atoms with van der Waals surface area (Å²) in [5.74, 6) is 1.06. The highest BCUT2D eigenvalue weighted by Crippen LogP contribution is 2.27. The lowest BCUT2D eigenvalue weighted by Crippen LogP contribution is -2.03. The van der Waals surface area contributed by atoms with Gasteiger partial charge in [-0.15, -0.1) is 11.8 Å². The van der Waals surface area contributed by atoms with Crippen LogP contribution in [0.3, 0.4) is 0 Å². The van der Waals surface area contributed by atoms with Crippen LogP contribution in [0.25, 0.3) is 0 Å². The van der Waals surface area contributed by atoms with Crippen LogP contribution in [0.2, 0.25) is 0 Å². The van der Waals surface area contributed by atoms with Crippen LogP contribution in [0.5, 0.6) is 0 Å². The summed E-state index contributed by atoms with van der Waals surface area (Å²) < 4.78 is 0.965. The van der Waals surface area contributed by atoms with Crippen LogP contribution in [0.1, 0.15) is 17.3 Å². The summed E-state index contributed by atoms with van der Waals surface area (Å²) >= 11 is 4.97. The van der Waals surface area contributed by atoms with Gasteiger partial charge in [0.05, 0.1) is 0 Å². The second-order valence-corrected chi connectivity index (χ2v) is 5.38. The normalized spacial score (nSPS) is 12.5. The molecule has 0 radical (unpaired) electrons. The third-order valence-electron chi connectivity index (χ3n) is 1.94. The van der Waals surface area contributed by atoms with Crippen LogP contribution in [0, 0.1) is 5.92 Å². The van der Waals surface area contributed by atoms with Gasteiger partial charge in [-0.25, -0.2) is 0 Å². The van der Waals surface area contributed by atoms with Gasteiger partial charge >= 0.3 is 0 Å². The Balaban J connectivity index is 2.74. The van der Waals surface area contributed by atoms with Gasteiger partial charge in [0.1, 0.15) is 0 Å². The van der Waals surface area contributed by atoms with Crippen molar-refractivity contribution in [2.75, 3.05) is 12.4 Å². The number of benzene rings is 1. The molecule has 1 aromatic carbocycles. The number of hydrogen-bond donors (Lipinski definition) is 1. The Labute approximate surface area is 102 Å². The molecule has 0 aliphatic heterocycles. The van der Waals surface area contributed by atoms with E-state index in [9.17, 15) is 4.79 Å². The van der Waals surface area contributed by atoms with Crippen molar-refractivity contribution >= 4 is 34.0 Å². The lowest BCUT2D eigenvalue weighted by Gasteiger charge is -2.09. The van der Waals surface area contributed by atoms with E-state index in [2.05, 4.69) is 15.9 Å². The second-order valence-electron chi connectivity index (χ2n) is 3.40. The van der Waals surface area contributed by atoms with Crippen LogP contribution in [-0.4, -0.2) is 23.8 Å². The maximum Gasteiger partial charge on any atom is 0.151 e. The zero-order valence-corrected chi connectivity index (χ0v) is 10.8. The number of halogens is 1. The summed E-state index contributed by atoms with van der Waals surface area (Å²) in [6, 6.07) is 5.57. The van der Waals surface area contributed by atoms with Crippen molar-refractivity contribution in [3.8, 4) is 0 Å². The van der Waals surface area contributed by atoms with Gasteiger partial charge in [0.15, 0.2) is 6.29 Å². The van der Waals surface area contributed by atoms with E-state index in [4.69, 9.17) is 5.11 Å². The minimum atomic E-state index is 0.178. The van der Waals surface area contributed by atoms with E-state index in [1.54, 1.807) is 17.8 Å². The fourth-order valence-corrected chi connectivity index (χ4v) is 2.59. The molecule has 0 fully saturated rings. The molecule has 0 saturated carbocycles. The molecule has 15 heavy (non-hydrogen) atoms. The minimum absolute atomic E-state index is 0.178. The number of aliphatic hydroxyl groups excluding tert-OH is 1. The number of carbonyl (C=O) groups is 1. The van der Waals surface area contributed by atoms with Gasteiger partial charge in [-0.05, 0) is 24.1 Å². The fraction of sp³-hybridized carbons (Fsp3) is 0.364. The molecule has 0 bridgehead atoms. The van der Waals surface area contributed by atoms with Gasteiger partial charge in [0.25, 0.3) is 0 Å². The Morgan fingerprint density at radius 3 is 2.93 bits per heavy atom. The smallest absolute Gasteiger partial charge is 0.151 e. The molecule has 1 atom stereocenters. The lowest BCUT2D eigenvalue weighted by atomic mass is 10.2. The summed E-state index contributed by atoms with van der Waals surface area (Å²) in [6.07, 6.45) is 0.860. The molecular formula is C11H13BrO2S. The first-order chi connectivity index (χ1) is 7.17. The van der Waals surface area contributed by atoms with E-state index >= 15 is 0 Å². The molecule has 2 nitrogen and oxygen atoms in total. The van der Waals surface area contributed by atoms with Crippen LogP contribution < -0.4 is 0 Å². The predicted octanol–water partition coefficient (Wildman–Crippen LogP) is 2.98. The summed E-state index contributed by atoms with van der Waals surface area (Å²) in [5, 5.41) is 8.90. The quantitative estimate of drug-likeness (QED) is 0.669. The third kappa shape index (κ3) is 3.97. The zero-order valence-electron chi connectivity index (χ0n) is 8.44. The van der Waals surface area contributed by atoms with Crippen LogP contribution in [0.4, 0.5) is 0 Å². The summed E-state index contributed by atoms with van der Waals surface area (Å²) in [4.78, 5) is 11.7. The zero-order chi connectivity index (χ0) is 11.3. The van der Waals surface area contributed by atoms with Crippen molar-refractivity contribution in [3.05, 3.63) is 28.2 Å². The average Bonchev–Trinajstić information content (AvgIpc) is 2.26. The minimum Gasteiger partial charge on any atom is -0.396 e. The van der Waals surface area contributed by atoms with E-state index in [1.807, 2.05) is 19.1 Å². The number of carbonyl (C=O) groups excluding carboxylic acids is 1. The molecule has 0 amide bonds. The second kappa shape index (κ2) is 6.30. The van der Waals surface area contributed by atoms with E-state index < -0.39 is 0 Å². The van der Waals surface area contributed by atoms with Crippen LogP contribution >= 0.6 is 27.7 Å². The summed E-state index contributed by atoms with van der Waals surface area (Å²) in [6.45, 7) is 2.16. The fourth-order valence-electron chi connectivity index (χ4n) is 1.02. The maximum atomic E-state index is 10.8. The van der Waals surface area contributed by atoms with E-state index in [-0.39, 0.29) is 12.5 Å².